The highest BCUT2D eigenvalue weighted by atomic mass is 32.2. The average Bonchev–Trinajstić information content (AvgIpc) is 2.16. The maximum Gasteiger partial charge on any atom is 0.178 e. The van der Waals surface area contributed by atoms with Crippen LogP contribution in [0.3, 0.4) is 0 Å². The highest BCUT2D eigenvalue weighted by Crippen LogP contribution is 2.23. The Bertz CT molecular complexity index is 436. The van der Waals surface area contributed by atoms with E-state index in [1.165, 1.54) is 0 Å². The Morgan fingerprint density at radius 1 is 1.06 bits per heavy atom. The van der Waals surface area contributed by atoms with E-state index >= 15 is 0 Å². The molecule has 2 nitrogen and oxygen atoms in total. The van der Waals surface area contributed by atoms with Crippen LogP contribution in [-0.4, -0.2) is 14.2 Å². The van der Waals surface area contributed by atoms with Gasteiger partial charge in [0.15, 0.2) is 9.84 Å². The third-order valence-electron chi connectivity index (χ3n) is 2.55. The van der Waals surface area contributed by atoms with E-state index in [4.69, 9.17) is 0 Å². The molecule has 0 spiro atoms. The minimum Gasteiger partial charge on any atom is -0.224 e. The van der Waals surface area contributed by atoms with Gasteiger partial charge in [0.1, 0.15) is 0 Å². The first-order valence-electron chi connectivity index (χ1n) is 5.60. The van der Waals surface area contributed by atoms with E-state index in [2.05, 4.69) is 20.8 Å². The van der Waals surface area contributed by atoms with Crippen LogP contribution >= 0.6 is 0 Å². The maximum absolute atomic E-state index is 11.8. The molecule has 0 bridgehead atoms. The molecular weight excluding hydrogens is 220 g/mol. The smallest absolute Gasteiger partial charge is 0.178 e. The maximum atomic E-state index is 11.8. The van der Waals surface area contributed by atoms with Gasteiger partial charge in [-0.05, 0) is 29.5 Å². The van der Waals surface area contributed by atoms with Gasteiger partial charge in [-0.3, -0.25) is 0 Å². The van der Waals surface area contributed by atoms with Gasteiger partial charge in [0, 0.05) is 0 Å². The first kappa shape index (κ1) is 13.2. The number of sulfone groups is 1. The van der Waals surface area contributed by atoms with Gasteiger partial charge in [0.05, 0.1) is 10.6 Å². The lowest BCUT2D eigenvalue weighted by Crippen LogP contribution is -2.12. The summed E-state index contributed by atoms with van der Waals surface area (Å²) in [6.45, 7) is 8.22. The Kier molecular flexibility index (Phi) is 3.79. The first-order valence-corrected chi connectivity index (χ1v) is 7.26. The van der Waals surface area contributed by atoms with Gasteiger partial charge in [0.2, 0.25) is 0 Å². The van der Waals surface area contributed by atoms with E-state index in [0.29, 0.717) is 11.3 Å². The molecule has 3 heteroatoms. The monoisotopic (exact) mass is 240 g/mol. The van der Waals surface area contributed by atoms with Gasteiger partial charge in [-0.2, -0.15) is 0 Å². The fraction of sp³-hybridized carbons (Fsp3) is 0.538. The lowest BCUT2D eigenvalue weighted by atomic mass is 9.87. The van der Waals surface area contributed by atoms with Crippen molar-refractivity contribution in [1.82, 2.24) is 0 Å². The molecule has 1 aromatic rings. The molecular formula is C13H20O2S. The van der Waals surface area contributed by atoms with Crippen LogP contribution < -0.4 is 0 Å². The highest BCUT2D eigenvalue weighted by Gasteiger charge is 2.16. The van der Waals surface area contributed by atoms with Crippen molar-refractivity contribution in [2.75, 3.05) is 5.75 Å². The standard InChI is InChI=1S/C13H20O2S/c1-5-10-16(14,15)12-8-6-11(7-9-12)13(2,3)4/h6-9H,5,10H2,1-4H3. The predicted molar refractivity (Wildman–Crippen MR) is 67.5 cm³/mol. The zero-order valence-corrected chi connectivity index (χ0v) is 11.3. The summed E-state index contributed by atoms with van der Waals surface area (Å²) in [6, 6.07) is 7.24. The topological polar surface area (TPSA) is 34.1 Å². The van der Waals surface area contributed by atoms with Crippen molar-refractivity contribution in [1.29, 1.82) is 0 Å². The van der Waals surface area contributed by atoms with E-state index in [1.807, 2.05) is 19.1 Å². The molecule has 0 heterocycles. The predicted octanol–water partition coefficient (Wildman–Crippen LogP) is 3.17. The summed E-state index contributed by atoms with van der Waals surface area (Å²) in [5, 5.41) is 0. The zero-order valence-electron chi connectivity index (χ0n) is 10.4. The zero-order chi connectivity index (χ0) is 12.4. The van der Waals surface area contributed by atoms with Gasteiger partial charge >= 0.3 is 0 Å². The van der Waals surface area contributed by atoms with Crippen LogP contribution in [0.1, 0.15) is 39.7 Å². The second-order valence-corrected chi connectivity index (χ2v) is 7.20. The lowest BCUT2D eigenvalue weighted by molar-refractivity contribution is 0.586. The van der Waals surface area contributed by atoms with Crippen LogP contribution in [0.15, 0.2) is 29.2 Å². The SMILES string of the molecule is CCCS(=O)(=O)c1ccc(C(C)(C)C)cc1. The summed E-state index contributed by atoms with van der Waals surface area (Å²) in [5.41, 5.74) is 1.22. The van der Waals surface area contributed by atoms with Crippen LogP contribution in [0, 0.1) is 0 Å². The normalized spacial score (nSPS) is 12.8. The van der Waals surface area contributed by atoms with Crippen LogP contribution in [0.2, 0.25) is 0 Å². The summed E-state index contributed by atoms with van der Waals surface area (Å²) in [5.74, 6) is 0.224. The van der Waals surface area contributed by atoms with Crippen LogP contribution in [0.5, 0.6) is 0 Å². The van der Waals surface area contributed by atoms with Gasteiger partial charge in [-0.25, -0.2) is 8.42 Å². The Labute approximate surface area is 98.6 Å². The average molecular weight is 240 g/mol. The van der Waals surface area contributed by atoms with Crippen molar-refractivity contribution in [2.24, 2.45) is 0 Å². The summed E-state index contributed by atoms with van der Waals surface area (Å²) < 4.78 is 23.6. The van der Waals surface area contributed by atoms with Crippen LogP contribution in [0.25, 0.3) is 0 Å². The van der Waals surface area contributed by atoms with Gasteiger partial charge in [-0.1, -0.05) is 39.8 Å². The summed E-state index contributed by atoms with van der Waals surface area (Å²) in [4.78, 5) is 0.433. The Morgan fingerprint density at radius 2 is 1.56 bits per heavy atom. The molecule has 1 rings (SSSR count). The third kappa shape index (κ3) is 3.08. The number of hydrogen-bond donors (Lipinski definition) is 0. The lowest BCUT2D eigenvalue weighted by Gasteiger charge is -2.19. The fourth-order valence-electron chi connectivity index (χ4n) is 1.55. The van der Waals surface area contributed by atoms with Gasteiger partial charge in [-0.15, -0.1) is 0 Å². The van der Waals surface area contributed by atoms with Crippen LogP contribution in [-0.2, 0) is 15.3 Å². The minimum absolute atomic E-state index is 0.0625. The summed E-state index contributed by atoms with van der Waals surface area (Å²) >= 11 is 0. The summed E-state index contributed by atoms with van der Waals surface area (Å²) in [7, 11) is -3.07. The van der Waals surface area contributed by atoms with Crippen molar-refractivity contribution in [3.8, 4) is 0 Å². The number of hydrogen-bond acceptors (Lipinski definition) is 2. The van der Waals surface area contributed by atoms with E-state index < -0.39 is 9.84 Å². The second kappa shape index (κ2) is 4.58. The van der Waals surface area contributed by atoms with Crippen molar-refractivity contribution in [3.05, 3.63) is 29.8 Å². The molecule has 0 saturated carbocycles. The molecule has 0 saturated heterocycles. The number of rotatable bonds is 3. The molecule has 0 amide bonds. The molecule has 1 aromatic carbocycles. The van der Waals surface area contributed by atoms with Crippen LogP contribution in [0.4, 0.5) is 0 Å². The summed E-state index contributed by atoms with van der Waals surface area (Å²) in [6.07, 6.45) is 0.656. The van der Waals surface area contributed by atoms with E-state index in [1.54, 1.807) is 12.1 Å². The van der Waals surface area contributed by atoms with Crippen molar-refractivity contribution < 1.29 is 8.42 Å². The number of benzene rings is 1. The molecule has 0 aliphatic carbocycles. The van der Waals surface area contributed by atoms with Gasteiger partial charge < -0.3 is 0 Å². The molecule has 90 valence electrons. The Morgan fingerprint density at radius 3 is 1.94 bits per heavy atom. The van der Waals surface area contributed by atoms with E-state index in [0.717, 1.165) is 5.56 Å². The van der Waals surface area contributed by atoms with E-state index in [9.17, 15) is 8.42 Å². The molecule has 0 unspecified atom stereocenters. The quantitative estimate of drug-likeness (QED) is 0.813. The van der Waals surface area contributed by atoms with Crippen molar-refractivity contribution >= 4 is 9.84 Å². The molecule has 0 atom stereocenters. The highest BCUT2D eigenvalue weighted by molar-refractivity contribution is 7.91. The second-order valence-electron chi connectivity index (χ2n) is 5.09. The Balaban J connectivity index is 3.05. The molecule has 0 aromatic heterocycles. The minimum atomic E-state index is -3.07. The van der Waals surface area contributed by atoms with Gasteiger partial charge in [0.25, 0.3) is 0 Å². The first-order chi connectivity index (χ1) is 7.27. The Hall–Kier alpha value is -0.830. The molecule has 16 heavy (non-hydrogen) atoms. The molecule has 0 radical (unpaired) electrons. The largest absolute Gasteiger partial charge is 0.224 e. The fourth-order valence-corrected chi connectivity index (χ4v) is 2.87. The molecule has 0 N–H and O–H groups in total. The molecule has 0 fully saturated rings. The van der Waals surface area contributed by atoms with Crippen molar-refractivity contribution in [3.63, 3.8) is 0 Å². The molecule has 0 aliphatic heterocycles. The van der Waals surface area contributed by atoms with Crippen molar-refractivity contribution in [2.45, 2.75) is 44.4 Å². The van der Waals surface area contributed by atoms with E-state index in [-0.39, 0.29) is 11.2 Å². The molecule has 0 aliphatic rings. The third-order valence-corrected chi connectivity index (χ3v) is 4.49.